The number of nitrogens with zero attached hydrogens (tertiary/aromatic N) is 3. The number of carbonyl (C=O) groups is 1. The molecule has 1 aliphatic carbocycles. The number of rotatable bonds is 6. The molecule has 150 valence electrons. The molecule has 0 radical (unpaired) electrons. The summed E-state index contributed by atoms with van der Waals surface area (Å²) in [6, 6.07) is 10.9. The maximum Gasteiger partial charge on any atom is 0.311 e. The van der Waals surface area contributed by atoms with Gasteiger partial charge in [0.2, 0.25) is 5.75 Å². The van der Waals surface area contributed by atoms with Crippen LogP contribution in [-0.4, -0.2) is 60.5 Å². The van der Waals surface area contributed by atoms with Crippen LogP contribution in [0.25, 0.3) is 10.8 Å². The second kappa shape index (κ2) is 8.56. The Labute approximate surface area is 165 Å². The Morgan fingerprint density at radius 2 is 1.79 bits per heavy atom. The number of likely N-dealkylation sites (N-methyl/N-ethyl adjacent to an activating group) is 2. The fraction of sp³-hybridized carbons (Fsp3) is 0.476. The highest BCUT2D eigenvalue weighted by Crippen LogP contribution is 2.35. The summed E-state index contributed by atoms with van der Waals surface area (Å²) >= 11 is 0. The van der Waals surface area contributed by atoms with Crippen molar-refractivity contribution >= 4 is 22.4 Å². The van der Waals surface area contributed by atoms with E-state index in [1.165, 1.54) is 12.5 Å². The van der Waals surface area contributed by atoms with Crippen molar-refractivity contribution in [3.05, 3.63) is 46.5 Å². The monoisotopic (exact) mass is 385 g/mol. The predicted octanol–water partition coefficient (Wildman–Crippen LogP) is 3.46. The molecule has 1 amide bonds. The van der Waals surface area contributed by atoms with E-state index in [0.29, 0.717) is 11.4 Å². The molecule has 28 heavy (non-hydrogen) atoms. The second-order valence-corrected chi connectivity index (χ2v) is 7.57. The maximum atomic E-state index is 12.8. The smallest absolute Gasteiger partial charge is 0.311 e. The minimum Gasteiger partial charge on any atom is -0.476 e. The zero-order chi connectivity index (χ0) is 20.3. The van der Waals surface area contributed by atoms with Gasteiger partial charge in [-0.25, -0.2) is 0 Å². The van der Waals surface area contributed by atoms with Crippen LogP contribution in [0.2, 0.25) is 0 Å². The molecule has 2 aromatic carbocycles. The van der Waals surface area contributed by atoms with Crippen molar-refractivity contribution < 1.29 is 14.5 Å². The van der Waals surface area contributed by atoms with Crippen LogP contribution in [0, 0.1) is 10.1 Å². The number of benzene rings is 2. The Morgan fingerprint density at radius 1 is 1.11 bits per heavy atom. The van der Waals surface area contributed by atoms with Gasteiger partial charge in [0.25, 0.3) is 5.91 Å². The van der Waals surface area contributed by atoms with Crippen molar-refractivity contribution in [2.45, 2.75) is 37.8 Å². The summed E-state index contributed by atoms with van der Waals surface area (Å²) < 4.78 is 5.73. The minimum atomic E-state index is -0.473. The van der Waals surface area contributed by atoms with Crippen molar-refractivity contribution in [2.75, 3.05) is 27.7 Å². The number of amides is 1. The van der Waals surface area contributed by atoms with Crippen LogP contribution in [0.1, 0.15) is 25.7 Å². The van der Waals surface area contributed by atoms with E-state index in [0.717, 1.165) is 24.6 Å². The molecule has 0 heterocycles. The molecule has 1 aliphatic rings. The lowest BCUT2D eigenvalue weighted by molar-refractivity contribution is -0.385. The summed E-state index contributed by atoms with van der Waals surface area (Å²) in [4.78, 5) is 27.7. The summed E-state index contributed by atoms with van der Waals surface area (Å²) in [5.41, 5.74) is -0.127. The van der Waals surface area contributed by atoms with Gasteiger partial charge in [-0.3, -0.25) is 14.9 Å². The van der Waals surface area contributed by atoms with Crippen LogP contribution in [0.15, 0.2) is 36.4 Å². The Hall–Kier alpha value is -2.67. The molecule has 0 bridgehead atoms. The van der Waals surface area contributed by atoms with E-state index < -0.39 is 4.92 Å². The van der Waals surface area contributed by atoms with Gasteiger partial charge in [0.15, 0.2) is 6.61 Å². The first-order chi connectivity index (χ1) is 13.4. The SMILES string of the molecule is CN(C)C1CCCCC1N(C)C(=O)COc1c([N+](=O)[O-])ccc2ccccc12. The maximum absolute atomic E-state index is 12.8. The van der Waals surface area contributed by atoms with Crippen molar-refractivity contribution in [3.63, 3.8) is 0 Å². The largest absolute Gasteiger partial charge is 0.476 e. The van der Waals surface area contributed by atoms with Gasteiger partial charge in [0.1, 0.15) is 0 Å². The molecule has 0 spiro atoms. The van der Waals surface area contributed by atoms with E-state index in [2.05, 4.69) is 4.90 Å². The molecule has 0 saturated heterocycles. The normalized spacial score (nSPS) is 19.6. The Morgan fingerprint density at radius 3 is 2.46 bits per heavy atom. The van der Waals surface area contributed by atoms with Crippen LogP contribution in [0.4, 0.5) is 5.69 Å². The molecule has 2 unspecified atom stereocenters. The van der Waals surface area contributed by atoms with Gasteiger partial charge in [-0.05, 0) is 38.4 Å². The zero-order valence-electron chi connectivity index (χ0n) is 16.6. The van der Waals surface area contributed by atoms with E-state index in [1.54, 1.807) is 30.1 Å². The van der Waals surface area contributed by atoms with Crippen LogP contribution in [-0.2, 0) is 4.79 Å². The third-order valence-corrected chi connectivity index (χ3v) is 5.64. The predicted molar refractivity (Wildman–Crippen MR) is 109 cm³/mol. The van der Waals surface area contributed by atoms with Gasteiger partial charge >= 0.3 is 5.69 Å². The molecule has 1 saturated carbocycles. The number of hydrogen-bond donors (Lipinski definition) is 0. The molecule has 1 fully saturated rings. The fourth-order valence-corrected chi connectivity index (χ4v) is 4.09. The summed E-state index contributed by atoms with van der Waals surface area (Å²) in [5, 5.41) is 12.9. The molecule has 0 N–H and O–H groups in total. The topological polar surface area (TPSA) is 75.9 Å². The van der Waals surface area contributed by atoms with Gasteiger partial charge in [-0.15, -0.1) is 0 Å². The van der Waals surface area contributed by atoms with Gasteiger partial charge in [-0.2, -0.15) is 0 Å². The van der Waals surface area contributed by atoms with Gasteiger partial charge < -0.3 is 14.5 Å². The number of nitro benzene ring substituents is 1. The number of fused-ring (bicyclic) bond motifs is 1. The lowest BCUT2D eigenvalue weighted by atomic mass is 9.88. The van der Waals surface area contributed by atoms with E-state index in [4.69, 9.17) is 4.74 Å². The minimum absolute atomic E-state index is 0.127. The molecule has 3 rings (SSSR count). The molecule has 7 nitrogen and oxygen atoms in total. The molecule has 2 aromatic rings. The lowest BCUT2D eigenvalue weighted by Crippen LogP contribution is -2.52. The number of ether oxygens (including phenoxy) is 1. The van der Waals surface area contributed by atoms with Crippen molar-refractivity contribution in [3.8, 4) is 5.75 Å². The van der Waals surface area contributed by atoms with E-state index in [9.17, 15) is 14.9 Å². The highest BCUT2D eigenvalue weighted by molar-refractivity contribution is 5.92. The Bertz CT molecular complexity index is 868. The van der Waals surface area contributed by atoms with Crippen LogP contribution in [0.3, 0.4) is 0 Å². The van der Waals surface area contributed by atoms with Gasteiger partial charge in [0, 0.05) is 30.6 Å². The molecular weight excluding hydrogens is 358 g/mol. The first-order valence-electron chi connectivity index (χ1n) is 9.61. The van der Waals surface area contributed by atoms with E-state index in [1.807, 2.05) is 26.2 Å². The van der Waals surface area contributed by atoms with Crippen molar-refractivity contribution in [1.82, 2.24) is 9.80 Å². The quantitative estimate of drug-likeness (QED) is 0.562. The van der Waals surface area contributed by atoms with Gasteiger partial charge in [0.05, 0.1) is 4.92 Å². The second-order valence-electron chi connectivity index (χ2n) is 7.57. The van der Waals surface area contributed by atoms with E-state index in [-0.39, 0.29) is 30.0 Å². The number of nitro groups is 1. The lowest BCUT2D eigenvalue weighted by Gasteiger charge is -2.41. The van der Waals surface area contributed by atoms with Crippen LogP contribution >= 0.6 is 0 Å². The summed E-state index contributed by atoms with van der Waals surface area (Å²) in [6.07, 6.45) is 4.28. The number of carbonyl (C=O) groups excluding carboxylic acids is 1. The highest BCUT2D eigenvalue weighted by Gasteiger charge is 2.32. The molecule has 2 atom stereocenters. The van der Waals surface area contributed by atoms with E-state index >= 15 is 0 Å². The average Bonchev–Trinajstić information content (AvgIpc) is 2.70. The summed E-state index contributed by atoms with van der Waals surface area (Å²) in [6.45, 7) is -0.220. The van der Waals surface area contributed by atoms with Crippen LogP contribution < -0.4 is 4.74 Å². The number of hydrogen-bond acceptors (Lipinski definition) is 5. The average molecular weight is 385 g/mol. The molecular formula is C21H27N3O4. The van der Waals surface area contributed by atoms with Crippen LogP contribution in [0.5, 0.6) is 5.75 Å². The molecule has 0 aliphatic heterocycles. The fourth-order valence-electron chi connectivity index (χ4n) is 4.09. The standard InChI is InChI=1S/C21H27N3O4/c1-22(2)17-10-6-7-11-18(17)23(3)20(25)14-28-21-16-9-5-4-8-15(16)12-13-19(21)24(26)27/h4-5,8-9,12-13,17-18H,6-7,10-11,14H2,1-3H3. The third-order valence-electron chi connectivity index (χ3n) is 5.64. The highest BCUT2D eigenvalue weighted by atomic mass is 16.6. The third kappa shape index (κ3) is 4.09. The van der Waals surface area contributed by atoms with Crippen molar-refractivity contribution in [2.24, 2.45) is 0 Å². The first kappa shape index (κ1) is 20.1. The summed E-state index contributed by atoms with van der Waals surface area (Å²) in [5.74, 6) is -0.0152. The Kier molecular flexibility index (Phi) is 6.14. The molecule has 7 heteroatoms. The summed E-state index contributed by atoms with van der Waals surface area (Å²) in [7, 11) is 5.88. The first-order valence-corrected chi connectivity index (χ1v) is 9.61. The zero-order valence-corrected chi connectivity index (χ0v) is 16.6. The molecule has 0 aromatic heterocycles. The van der Waals surface area contributed by atoms with Gasteiger partial charge in [-0.1, -0.05) is 37.1 Å². The Balaban J connectivity index is 1.79. The van der Waals surface area contributed by atoms with Crippen molar-refractivity contribution in [1.29, 1.82) is 0 Å².